The van der Waals surface area contributed by atoms with Crippen molar-refractivity contribution < 1.29 is 4.79 Å². The minimum atomic E-state index is -0.373. The number of hydrogen-bond acceptors (Lipinski definition) is 4. The molecule has 2 aromatic heterocycles. The number of hydrogen-bond donors (Lipinski definition) is 1. The molecule has 1 N–H and O–H groups in total. The van der Waals surface area contributed by atoms with Crippen LogP contribution in [0.2, 0.25) is 10.0 Å². The monoisotopic (exact) mass is 505 g/mol. The van der Waals surface area contributed by atoms with E-state index < -0.39 is 0 Å². The number of allylic oxidation sites excluding steroid dienone is 2. The molecule has 170 valence electrons. The molecule has 4 aromatic rings. The summed E-state index contributed by atoms with van der Waals surface area (Å²) in [7, 11) is 0. The maximum Gasteiger partial charge on any atom is 0.162 e. The molecule has 3 heterocycles. The average Bonchev–Trinajstić information content (AvgIpc) is 3.47. The lowest BCUT2D eigenvalue weighted by Crippen LogP contribution is -2.30. The Balaban J connectivity index is 1.59. The fraction of sp³-hybridized carbons (Fsp3) is 0.185. The summed E-state index contributed by atoms with van der Waals surface area (Å²) in [6, 6.07) is 19.7. The van der Waals surface area contributed by atoms with Crippen LogP contribution in [0.5, 0.6) is 0 Å². The molecule has 0 saturated heterocycles. The van der Waals surface area contributed by atoms with Gasteiger partial charge in [0.15, 0.2) is 5.78 Å². The third kappa shape index (κ3) is 3.42. The maximum absolute atomic E-state index is 13.7. The zero-order chi connectivity index (χ0) is 23.4. The van der Waals surface area contributed by atoms with Gasteiger partial charge in [0.05, 0.1) is 11.4 Å². The number of rotatable bonds is 3. The molecule has 2 atom stereocenters. The number of aryl methyl sites for hydroxylation is 1. The minimum absolute atomic E-state index is 0.130. The number of fused-ring (bicyclic) bond motifs is 1. The number of nitrogens with one attached hydrogen (secondary N) is 1. The van der Waals surface area contributed by atoms with Gasteiger partial charge in [0.25, 0.3) is 0 Å². The van der Waals surface area contributed by atoms with Gasteiger partial charge >= 0.3 is 0 Å². The zero-order valence-corrected chi connectivity index (χ0v) is 20.7. The normalized spacial score (nSPS) is 19.6. The summed E-state index contributed by atoms with van der Waals surface area (Å²) in [5.41, 5.74) is 5.18. The highest BCUT2D eigenvalue weighted by molar-refractivity contribution is 7.10. The molecule has 0 radical (unpaired) electrons. The minimum Gasteiger partial charge on any atom is -0.343 e. The Morgan fingerprint density at radius 2 is 1.74 bits per heavy atom. The van der Waals surface area contributed by atoms with E-state index in [4.69, 9.17) is 28.3 Å². The number of thiophene rings is 1. The molecule has 0 bridgehead atoms. The molecule has 4 nitrogen and oxygen atoms in total. The van der Waals surface area contributed by atoms with Crippen LogP contribution in [0.4, 0.5) is 5.82 Å². The Morgan fingerprint density at radius 3 is 2.44 bits per heavy atom. The van der Waals surface area contributed by atoms with Crippen LogP contribution >= 0.6 is 34.5 Å². The van der Waals surface area contributed by atoms with E-state index in [9.17, 15) is 4.79 Å². The molecule has 0 amide bonds. The number of aromatic nitrogens is 2. The first-order chi connectivity index (χ1) is 16.5. The largest absolute Gasteiger partial charge is 0.343 e. The second kappa shape index (κ2) is 8.42. The molecule has 1 aliphatic carbocycles. The third-order valence-electron chi connectivity index (χ3n) is 6.70. The van der Waals surface area contributed by atoms with Gasteiger partial charge in [0.1, 0.15) is 5.82 Å². The van der Waals surface area contributed by atoms with Crippen LogP contribution in [0.15, 0.2) is 77.3 Å². The summed E-state index contributed by atoms with van der Waals surface area (Å²) in [4.78, 5) is 15.0. The molecule has 0 spiro atoms. The number of para-hydroxylation sites is 1. The molecular formula is C27H21Cl2N3OS. The van der Waals surface area contributed by atoms with Gasteiger partial charge in [0, 0.05) is 55.6 Å². The molecule has 6 rings (SSSR count). The van der Waals surface area contributed by atoms with E-state index >= 15 is 0 Å². The third-order valence-corrected chi connectivity index (χ3v) is 8.39. The molecular weight excluding hydrogens is 485 g/mol. The molecule has 2 aromatic carbocycles. The highest BCUT2D eigenvalue weighted by Crippen LogP contribution is 2.52. The first kappa shape index (κ1) is 21.7. The van der Waals surface area contributed by atoms with Gasteiger partial charge in [0.2, 0.25) is 0 Å². The van der Waals surface area contributed by atoms with Gasteiger partial charge in [-0.15, -0.1) is 11.3 Å². The molecule has 34 heavy (non-hydrogen) atoms. The number of nitrogens with zero attached hydrogens (tertiary/aromatic N) is 2. The van der Waals surface area contributed by atoms with Crippen molar-refractivity contribution in [3.63, 3.8) is 0 Å². The average molecular weight is 506 g/mol. The van der Waals surface area contributed by atoms with Crippen molar-refractivity contribution in [1.29, 1.82) is 0 Å². The van der Waals surface area contributed by atoms with Crippen LogP contribution in [0.25, 0.3) is 5.69 Å². The first-order valence-corrected chi connectivity index (χ1v) is 12.8. The van der Waals surface area contributed by atoms with Crippen molar-refractivity contribution in [2.75, 3.05) is 5.32 Å². The Bertz CT molecular complexity index is 1420. The summed E-state index contributed by atoms with van der Waals surface area (Å²) in [5, 5.41) is 11.7. The Hall–Kier alpha value is -2.86. The second-order valence-corrected chi connectivity index (χ2v) is 10.5. The van der Waals surface area contributed by atoms with Gasteiger partial charge in [-0.3, -0.25) is 4.79 Å². The van der Waals surface area contributed by atoms with E-state index in [2.05, 4.69) is 16.8 Å². The van der Waals surface area contributed by atoms with E-state index in [-0.39, 0.29) is 17.6 Å². The van der Waals surface area contributed by atoms with Crippen LogP contribution < -0.4 is 5.32 Å². The Morgan fingerprint density at radius 1 is 0.971 bits per heavy atom. The maximum atomic E-state index is 13.7. The van der Waals surface area contributed by atoms with E-state index in [1.165, 1.54) is 4.88 Å². The number of anilines is 1. The van der Waals surface area contributed by atoms with Crippen molar-refractivity contribution in [3.8, 4) is 5.69 Å². The fourth-order valence-electron chi connectivity index (χ4n) is 5.23. The fourth-order valence-corrected chi connectivity index (χ4v) is 6.68. The first-order valence-electron chi connectivity index (χ1n) is 11.2. The van der Waals surface area contributed by atoms with Crippen molar-refractivity contribution >= 4 is 46.1 Å². The van der Waals surface area contributed by atoms with Crippen molar-refractivity contribution in [1.82, 2.24) is 9.78 Å². The molecule has 0 saturated carbocycles. The highest BCUT2D eigenvalue weighted by Gasteiger charge is 2.42. The molecule has 1 aliphatic heterocycles. The quantitative estimate of drug-likeness (QED) is 0.313. The number of benzene rings is 2. The van der Waals surface area contributed by atoms with Gasteiger partial charge in [-0.1, -0.05) is 53.5 Å². The van der Waals surface area contributed by atoms with Crippen LogP contribution in [0, 0.1) is 6.92 Å². The summed E-state index contributed by atoms with van der Waals surface area (Å²) in [6.07, 6.45) is 1.22. The number of halogens is 2. The lowest BCUT2D eigenvalue weighted by Gasteiger charge is -2.36. The lowest BCUT2D eigenvalue weighted by molar-refractivity contribution is -0.116. The standard InChI is InChI=1S/C27H21Cl2N3OS/c1-15-23-26(24-18(28)9-5-10-19(24)29)25-20(13-16(14-21(25)33)22-11-6-12-34-22)30-27(23)32(31-15)17-7-3-2-4-8-17/h2-12,16,26,30H,13-14H2,1H3/t16-,26+/m0/s1. The summed E-state index contributed by atoms with van der Waals surface area (Å²) < 4.78 is 1.92. The van der Waals surface area contributed by atoms with Crippen molar-refractivity contribution in [2.45, 2.75) is 31.6 Å². The van der Waals surface area contributed by atoms with Crippen LogP contribution in [0.3, 0.4) is 0 Å². The highest BCUT2D eigenvalue weighted by atomic mass is 35.5. The Kier molecular flexibility index (Phi) is 5.36. The summed E-state index contributed by atoms with van der Waals surface area (Å²) in [5.74, 6) is 0.771. The van der Waals surface area contributed by atoms with Crippen LogP contribution in [-0.2, 0) is 4.79 Å². The second-order valence-electron chi connectivity index (χ2n) is 8.72. The number of carbonyl (C=O) groups is 1. The van der Waals surface area contributed by atoms with E-state index in [1.807, 2.05) is 66.2 Å². The predicted molar refractivity (Wildman–Crippen MR) is 139 cm³/mol. The van der Waals surface area contributed by atoms with E-state index in [1.54, 1.807) is 11.3 Å². The predicted octanol–water partition coefficient (Wildman–Crippen LogP) is 7.51. The smallest absolute Gasteiger partial charge is 0.162 e. The van der Waals surface area contributed by atoms with Crippen LogP contribution in [0.1, 0.15) is 46.4 Å². The molecule has 0 fully saturated rings. The molecule has 2 aliphatic rings. The van der Waals surface area contributed by atoms with Gasteiger partial charge in [-0.2, -0.15) is 5.10 Å². The molecule has 0 unspecified atom stereocenters. The van der Waals surface area contributed by atoms with Gasteiger partial charge < -0.3 is 5.32 Å². The number of ketones is 1. The Labute approximate surface area is 211 Å². The van der Waals surface area contributed by atoms with Crippen molar-refractivity contribution in [2.24, 2.45) is 0 Å². The summed E-state index contributed by atoms with van der Waals surface area (Å²) >= 11 is 15.2. The lowest BCUT2D eigenvalue weighted by atomic mass is 9.73. The SMILES string of the molecule is Cc1nn(-c2ccccc2)c2c1[C@H](c1c(Cl)cccc1Cl)C1=C(C[C@H](c3cccs3)CC1=O)N2. The van der Waals surface area contributed by atoms with Gasteiger partial charge in [-0.25, -0.2) is 4.68 Å². The molecule has 7 heteroatoms. The van der Waals surface area contributed by atoms with E-state index in [0.717, 1.165) is 46.0 Å². The van der Waals surface area contributed by atoms with Crippen molar-refractivity contribution in [3.05, 3.63) is 109 Å². The van der Waals surface area contributed by atoms with Crippen LogP contribution in [-0.4, -0.2) is 15.6 Å². The zero-order valence-electron chi connectivity index (χ0n) is 18.4. The topological polar surface area (TPSA) is 46.9 Å². The number of carbonyl (C=O) groups excluding carboxylic acids is 1. The van der Waals surface area contributed by atoms with E-state index in [0.29, 0.717) is 16.5 Å². The summed E-state index contributed by atoms with van der Waals surface area (Å²) in [6.45, 7) is 1.98. The van der Waals surface area contributed by atoms with Gasteiger partial charge in [-0.05, 0) is 49.1 Å². The number of Topliss-reactive ketones (excluding diaryl/α,β-unsaturated/α-hetero) is 1.